The number of halogens is 3. The maximum atomic E-state index is 14.9. The van der Waals surface area contributed by atoms with Crippen molar-refractivity contribution in [3.8, 4) is 11.3 Å². The van der Waals surface area contributed by atoms with E-state index in [1.54, 1.807) is 23.7 Å². The molecular formula is C26H30F3N7O. The zero-order valence-corrected chi connectivity index (χ0v) is 20.4. The number of fused-ring (bicyclic) bond motifs is 2. The van der Waals surface area contributed by atoms with Gasteiger partial charge < -0.3 is 10.1 Å². The van der Waals surface area contributed by atoms with Crippen molar-refractivity contribution < 1.29 is 19.3 Å². The van der Waals surface area contributed by atoms with E-state index in [2.05, 4.69) is 31.9 Å². The third-order valence-electron chi connectivity index (χ3n) is 7.50. The predicted molar refractivity (Wildman–Crippen MR) is 138 cm³/mol. The van der Waals surface area contributed by atoms with Gasteiger partial charge in [-0.25, -0.2) is 27.7 Å². The molecule has 0 spiro atoms. The summed E-state index contributed by atoms with van der Waals surface area (Å²) in [5, 5.41) is 7.78. The van der Waals surface area contributed by atoms with Gasteiger partial charge in [-0.3, -0.25) is 9.89 Å². The summed E-state index contributed by atoms with van der Waals surface area (Å²) in [6.45, 7) is 8.15. The van der Waals surface area contributed by atoms with Crippen LogP contribution in [0, 0.1) is 0 Å². The van der Waals surface area contributed by atoms with E-state index >= 15 is 0 Å². The third-order valence-corrected chi connectivity index (χ3v) is 7.50. The van der Waals surface area contributed by atoms with Crippen LogP contribution in [0.5, 0.6) is 0 Å². The lowest BCUT2D eigenvalue weighted by Gasteiger charge is -2.42. The van der Waals surface area contributed by atoms with E-state index in [9.17, 15) is 13.2 Å². The van der Waals surface area contributed by atoms with Gasteiger partial charge in [0.1, 0.15) is 6.17 Å². The second kappa shape index (κ2) is 9.53. The Morgan fingerprint density at radius 1 is 1.32 bits per heavy atom. The number of piperidine rings is 1. The summed E-state index contributed by atoms with van der Waals surface area (Å²) in [5.41, 5.74) is 4.60. The first-order valence-corrected chi connectivity index (χ1v) is 12.5. The lowest BCUT2D eigenvalue weighted by atomic mass is 9.97. The Kier molecular flexibility index (Phi) is 6.20. The van der Waals surface area contributed by atoms with E-state index in [1.165, 1.54) is 0 Å². The molecule has 0 saturated carbocycles. The lowest BCUT2D eigenvalue weighted by molar-refractivity contribution is -0.0794. The van der Waals surface area contributed by atoms with Crippen LogP contribution >= 0.6 is 0 Å². The lowest BCUT2D eigenvalue weighted by Crippen LogP contribution is -2.57. The van der Waals surface area contributed by atoms with Crippen molar-refractivity contribution >= 4 is 28.9 Å². The molecule has 1 unspecified atom stereocenters. The van der Waals surface area contributed by atoms with Crippen LogP contribution in [0.3, 0.4) is 0 Å². The number of hydrogen-bond acceptors (Lipinski definition) is 7. The Morgan fingerprint density at radius 2 is 2.16 bits per heavy atom. The van der Waals surface area contributed by atoms with E-state index in [1.807, 2.05) is 18.2 Å². The number of hydrogen-bond donors (Lipinski definition) is 1. The summed E-state index contributed by atoms with van der Waals surface area (Å²) in [5.74, 6) is -0.180. The summed E-state index contributed by atoms with van der Waals surface area (Å²) < 4.78 is 48.3. The molecule has 3 aliphatic heterocycles. The van der Waals surface area contributed by atoms with Crippen LogP contribution in [-0.4, -0.2) is 81.2 Å². The van der Waals surface area contributed by atoms with E-state index in [0.29, 0.717) is 72.2 Å². The van der Waals surface area contributed by atoms with E-state index in [-0.39, 0.29) is 13.9 Å². The Hall–Kier alpha value is -3.31. The van der Waals surface area contributed by atoms with Crippen LogP contribution in [0.15, 0.2) is 36.0 Å². The number of anilines is 1. The quantitative estimate of drug-likeness (QED) is 0.491. The predicted octanol–water partition coefficient (Wildman–Crippen LogP) is 4.75. The zero-order chi connectivity index (χ0) is 25.7. The van der Waals surface area contributed by atoms with Gasteiger partial charge >= 0.3 is 0 Å². The summed E-state index contributed by atoms with van der Waals surface area (Å²) in [7, 11) is 0. The molecule has 196 valence electrons. The average Bonchev–Trinajstić information content (AvgIpc) is 3.36. The van der Waals surface area contributed by atoms with E-state index in [0.717, 1.165) is 12.1 Å². The van der Waals surface area contributed by atoms with Crippen LogP contribution in [0.25, 0.3) is 22.9 Å². The van der Waals surface area contributed by atoms with Gasteiger partial charge in [0.15, 0.2) is 0 Å². The minimum atomic E-state index is -2.45. The van der Waals surface area contributed by atoms with Crippen LogP contribution in [0.4, 0.5) is 24.8 Å². The first-order chi connectivity index (χ1) is 17.9. The molecule has 0 bridgehead atoms. The standard InChI is InChI=1S/C26H28F3N7O.H2/c1-3-15-8-18(20-4-5-22-25(32-20)17(9-24(28)29)14(2)31-22)23-10-30-26(34-36(15)23)33-21-6-7-35(11-19(21)27)16-12-37-13-16;/h3-5,8,10,16-17,19,21,24H,1,6-7,9,11-13H2,2H3,(H,33,34);1H/t17?,19-,21+;/m1./s1. The van der Waals surface area contributed by atoms with Crippen molar-refractivity contribution in [3.63, 3.8) is 0 Å². The monoisotopic (exact) mass is 513 g/mol. The first kappa shape index (κ1) is 24.1. The molecule has 1 N–H and O–H groups in total. The first-order valence-electron chi connectivity index (χ1n) is 12.5. The van der Waals surface area contributed by atoms with Gasteiger partial charge in [0.05, 0.1) is 59.8 Å². The number of aromatic nitrogens is 4. The summed E-state index contributed by atoms with van der Waals surface area (Å²) >= 11 is 0. The third kappa shape index (κ3) is 4.40. The van der Waals surface area contributed by atoms with Gasteiger partial charge in [-0.15, -0.1) is 5.10 Å². The van der Waals surface area contributed by atoms with Gasteiger partial charge in [-0.2, -0.15) is 0 Å². The SMILES string of the molecule is C=Cc1cc(-c2ccc3c(n2)C(CC(F)F)C(C)=N3)c2cnc(N[C@H]3CCN(C4COC4)C[C@H]3F)nn12.[HH]. The molecule has 2 saturated heterocycles. The molecule has 3 aromatic heterocycles. The highest BCUT2D eigenvalue weighted by Gasteiger charge is 2.36. The minimum absolute atomic E-state index is 0. The van der Waals surface area contributed by atoms with Crippen molar-refractivity contribution in [2.24, 2.45) is 4.99 Å². The molecule has 8 nitrogen and oxygen atoms in total. The normalized spacial score (nSPS) is 24.2. The summed E-state index contributed by atoms with van der Waals surface area (Å²) in [6, 6.07) is 5.45. The zero-order valence-electron chi connectivity index (χ0n) is 20.4. The molecule has 37 heavy (non-hydrogen) atoms. The van der Waals surface area contributed by atoms with Crippen LogP contribution in [0.2, 0.25) is 0 Å². The van der Waals surface area contributed by atoms with Gasteiger partial charge in [0.2, 0.25) is 12.4 Å². The second-order valence-corrected chi connectivity index (χ2v) is 9.84. The number of ether oxygens (including phenoxy) is 1. The highest BCUT2D eigenvalue weighted by molar-refractivity contribution is 5.96. The van der Waals surface area contributed by atoms with Crippen molar-refractivity contribution in [3.05, 3.63) is 42.4 Å². The van der Waals surface area contributed by atoms with Crippen LogP contribution < -0.4 is 5.32 Å². The fourth-order valence-corrected chi connectivity index (χ4v) is 5.35. The van der Waals surface area contributed by atoms with Crippen molar-refractivity contribution in [2.45, 2.75) is 50.4 Å². The molecule has 0 aromatic carbocycles. The highest BCUT2D eigenvalue weighted by Crippen LogP contribution is 2.39. The fraction of sp³-hybridized carbons (Fsp3) is 0.462. The number of likely N-dealkylation sites (tertiary alicyclic amines) is 1. The molecule has 6 heterocycles. The molecule has 11 heteroatoms. The number of alkyl halides is 3. The largest absolute Gasteiger partial charge is 0.378 e. The molecule has 6 rings (SSSR count). The van der Waals surface area contributed by atoms with E-state index < -0.39 is 18.5 Å². The maximum absolute atomic E-state index is 14.9. The second-order valence-electron chi connectivity index (χ2n) is 9.84. The van der Waals surface area contributed by atoms with Crippen LogP contribution in [-0.2, 0) is 4.74 Å². The Morgan fingerprint density at radius 3 is 2.86 bits per heavy atom. The van der Waals surface area contributed by atoms with Gasteiger partial charge in [0.25, 0.3) is 0 Å². The average molecular weight is 514 g/mol. The summed E-state index contributed by atoms with van der Waals surface area (Å²) in [4.78, 5) is 15.8. The Balaban J connectivity index is 0.00000294. The number of nitrogens with one attached hydrogen (secondary N) is 1. The highest BCUT2D eigenvalue weighted by atomic mass is 19.3. The molecule has 3 aliphatic rings. The van der Waals surface area contributed by atoms with Crippen molar-refractivity contribution in [2.75, 3.05) is 31.6 Å². The van der Waals surface area contributed by atoms with Gasteiger partial charge in [-0.05, 0) is 37.6 Å². The molecule has 3 aromatic rings. The Labute approximate surface area is 213 Å². The minimum Gasteiger partial charge on any atom is -0.378 e. The Bertz CT molecular complexity index is 1380. The molecule has 3 atom stereocenters. The molecule has 0 amide bonds. The van der Waals surface area contributed by atoms with E-state index in [4.69, 9.17) is 9.72 Å². The number of nitrogens with zero attached hydrogens (tertiary/aromatic N) is 6. The molecule has 0 aliphatic carbocycles. The number of pyridine rings is 1. The van der Waals surface area contributed by atoms with Gasteiger partial charge in [-0.1, -0.05) is 6.58 Å². The molecular weight excluding hydrogens is 483 g/mol. The summed E-state index contributed by atoms with van der Waals surface area (Å²) in [6.07, 6.45) is 0.176. The smallest absolute Gasteiger partial charge is 0.241 e. The molecule has 0 radical (unpaired) electrons. The number of rotatable bonds is 7. The van der Waals surface area contributed by atoms with Crippen LogP contribution in [0.1, 0.15) is 38.5 Å². The van der Waals surface area contributed by atoms with Crippen molar-refractivity contribution in [1.29, 1.82) is 0 Å². The molecule has 2 fully saturated rings. The number of aliphatic imine (C=N–C) groups is 1. The van der Waals surface area contributed by atoms with Crippen molar-refractivity contribution in [1.82, 2.24) is 24.5 Å². The van der Waals surface area contributed by atoms with Gasteiger partial charge in [0, 0.05) is 38.1 Å². The maximum Gasteiger partial charge on any atom is 0.241 e. The fourth-order valence-electron chi connectivity index (χ4n) is 5.35. The topological polar surface area (TPSA) is 79.9 Å².